The van der Waals surface area contributed by atoms with Gasteiger partial charge in [-0.25, -0.2) is 4.79 Å². The Hall–Kier alpha value is -2.80. The Morgan fingerprint density at radius 1 is 0.903 bits per heavy atom. The maximum atomic E-state index is 11.5. The number of hydrogen-bond donors (Lipinski definition) is 0. The van der Waals surface area contributed by atoms with Crippen molar-refractivity contribution in [3.63, 3.8) is 0 Å². The van der Waals surface area contributed by atoms with Gasteiger partial charge in [-0.1, -0.05) is 48.5 Å². The van der Waals surface area contributed by atoms with E-state index in [4.69, 9.17) is 9.26 Å². The molecule has 1 heterocycles. The Labute approximate surface area is 201 Å². The molecule has 0 N–H and O–H groups in total. The zero-order valence-corrected chi connectivity index (χ0v) is 19.8. The molecule has 0 aliphatic heterocycles. The molecule has 6 nitrogen and oxygen atoms in total. The van der Waals surface area contributed by atoms with Gasteiger partial charge >= 0.3 is 35.3 Å². The maximum absolute atomic E-state index is 11.5. The Morgan fingerprint density at radius 2 is 1.58 bits per heavy atom. The minimum atomic E-state index is -0.886. The molecule has 31 heavy (non-hydrogen) atoms. The predicted octanol–water partition coefficient (Wildman–Crippen LogP) is 0.674. The van der Waals surface area contributed by atoms with E-state index in [0.29, 0.717) is 12.4 Å². The van der Waals surface area contributed by atoms with E-state index in [1.807, 2.05) is 36.4 Å². The fourth-order valence-corrected chi connectivity index (χ4v) is 3.50. The fraction of sp³-hybridized carbons (Fsp3) is 0.167. The van der Waals surface area contributed by atoms with Gasteiger partial charge in [-0.05, 0) is 65.4 Å². The van der Waals surface area contributed by atoms with Crippen molar-refractivity contribution in [2.24, 2.45) is 0 Å². The molecule has 4 aromatic rings. The summed E-state index contributed by atoms with van der Waals surface area (Å²) in [6.45, 7) is 4.83. The summed E-state index contributed by atoms with van der Waals surface area (Å²) in [5.41, 5.74) is 6.12. The van der Waals surface area contributed by atoms with Crippen LogP contribution in [0.2, 0.25) is 0 Å². The number of rotatable bonds is 6. The first-order valence-corrected chi connectivity index (χ1v) is 9.62. The average molecular weight is 424 g/mol. The monoisotopic (exact) mass is 424 g/mol. The summed E-state index contributed by atoms with van der Waals surface area (Å²) in [6.07, 6.45) is 0. The van der Waals surface area contributed by atoms with E-state index < -0.39 is 11.4 Å². The molecule has 0 bridgehead atoms. The third-order valence-electron chi connectivity index (χ3n) is 4.94. The Kier molecular flexibility index (Phi) is 7.38. The molecule has 0 spiro atoms. The molecule has 0 saturated carbocycles. The smallest absolute Gasteiger partial charge is 0.489 e. The van der Waals surface area contributed by atoms with E-state index in [9.17, 15) is 9.59 Å². The number of hydrogen-bond acceptors (Lipinski definition) is 4. The van der Waals surface area contributed by atoms with Crippen LogP contribution >= 0.6 is 0 Å². The predicted molar refractivity (Wildman–Crippen MR) is 114 cm³/mol. The molecular formula is C24H21N2NaO4. The molecule has 0 radical (unpaired) electrons. The van der Waals surface area contributed by atoms with Gasteiger partial charge in [0, 0.05) is 6.54 Å². The molecule has 1 aromatic heterocycles. The quantitative estimate of drug-likeness (QED) is 0.426. The molecule has 0 atom stereocenters. The van der Waals surface area contributed by atoms with Crippen LogP contribution in [0, 0.1) is 13.8 Å². The van der Waals surface area contributed by atoms with Crippen molar-refractivity contribution in [3.8, 4) is 16.9 Å². The van der Waals surface area contributed by atoms with Gasteiger partial charge in [-0.2, -0.15) is 0 Å². The summed E-state index contributed by atoms with van der Waals surface area (Å²) in [5, 5.41) is 0. The SMILES string of the molecule is Cc1cccc(C)c1-c1cccc(COc2ccc(Cn3oc(=O)[n-]c3=O)cc2)c1.[Na+]. The van der Waals surface area contributed by atoms with E-state index >= 15 is 0 Å². The van der Waals surface area contributed by atoms with Crippen LogP contribution in [0.1, 0.15) is 22.3 Å². The second-order valence-electron chi connectivity index (χ2n) is 7.19. The van der Waals surface area contributed by atoms with Gasteiger partial charge in [0.05, 0.1) is 0 Å². The normalized spacial score (nSPS) is 10.5. The van der Waals surface area contributed by atoms with Crippen molar-refractivity contribution in [1.29, 1.82) is 0 Å². The van der Waals surface area contributed by atoms with Crippen LogP contribution in [0.3, 0.4) is 0 Å². The second kappa shape index (κ2) is 10.0. The van der Waals surface area contributed by atoms with Crippen molar-refractivity contribution in [3.05, 3.63) is 110 Å². The number of ether oxygens (including phenoxy) is 1. The van der Waals surface area contributed by atoms with Crippen LogP contribution in [-0.4, -0.2) is 4.74 Å². The number of aromatic nitrogens is 2. The summed E-state index contributed by atoms with van der Waals surface area (Å²) < 4.78 is 11.6. The van der Waals surface area contributed by atoms with Crippen LogP contribution < -0.4 is 50.7 Å². The molecule has 0 aliphatic rings. The minimum Gasteiger partial charge on any atom is -0.489 e. The van der Waals surface area contributed by atoms with Crippen molar-refractivity contribution in [2.75, 3.05) is 0 Å². The number of nitrogens with zero attached hydrogens (tertiary/aromatic N) is 2. The van der Waals surface area contributed by atoms with Crippen LogP contribution in [0.5, 0.6) is 5.75 Å². The standard InChI is InChI=1S/C24H22N2O4.Na/c1-16-5-3-6-17(2)22(16)20-8-4-7-19(13-20)15-29-21-11-9-18(10-12-21)14-26-23(27)25-24(28)30-26;/h3-13H,14-15H2,1-2H3,(H,25,27,28);/q;+1/p-1. The first-order valence-electron chi connectivity index (χ1n) is 9.62. The molecule has 7 heteroatoms. The minimum absolute atomic E-state index is 0. The molecule has 0 aliphatic carbocycles. The zero-order chi connectivity index (χ0) is 21.1. The van der Waals surface area contributed by atoms with Gasteiger partial charge in [0.1, 0.15) is 12.4 Å². The first-order chi connectivity index (χ1) is 14.5. The fourth-order valence-electron chi connectivity index (χ4n) is 3.50. The molecule has 4 rings (SSSR count). The third-order valence-corrected chi connectivity index (χ3v) is 4.94. The van der Waals surface area contributed by atoms with Gasteiger partial charge in [-0.15, -0.1) is 0 Å². The van der Waals surface area contributed by atoms with E-state index in [0.717, 1.165) is 15.9 Å². The zero-order valence-electron chi connectivity index (χ0n) is 17.8. The summed E-state index contributed by atoms with van der Waals surface area (Å²) in [6, 6.07) is 22.0. The van der Waals surface area contributed by atoms with E-state index in [2.05, 4.69) is 49.2 Å². The largest absolute Gasteiger partial charge is 1.00 e. The van der Waals surface area contributed by atoms with Crippen LogP contribution in [0.4, 0.5) is 0 Å². The molecular weight excluding hydrogens is 403 g/mol. The average Bonchev–Trinajstić information content (AvgIpc) is 3.04. The Morgan fingerprint density at radius 3 is 2.23 bits per heavy atom. The number of benzene rings is 3. The summed E-state index contributed by atoms with van der Waals surface area (Å²) in [7, 11) is 0. The van der Waals surface area contributed by atoms with Crippen LogP contribution in [0.15, 0.2) is 80.8 Å². The van der Waals surface area contributed by atoms with Crippen LogP contribution in [0.25, 0.3) is 11.1 Å². The van der Waals surface area contributed by atoms with E-state index in [1.165, 1.54) is 22.3 Å². The maximum Gasteiger partial charge on any atom is 1.00 e. The summed E-state index contributed by atoms with van der Waals surface area (Å²) in [4.78, 5) is 25.7. The Balaban J connectivity index is 0.00000272. The third kappa shape index (κ3) is 5.47. The summed E-state index contributed by atoms with van der Waals surface area (Å²) in [5.74, 6) is -0.172. The molecule has 0 unspecified atom stereocenters. The van der Waals surface area contributed by atoms with Gasteiger partial charge in [-0.3, -0.25) is 9.53 Å². The van der Waals surface area contributed by atoms with Crippen molar-refractivity contribution in [1.82, 2.24) is 9.72 Å². The van der Waals surface area contributed by atoms with Gasteiger partial charge in [0.15, 0.2) is 5.69 Å². The molecule has 0 saturated heterocycles. The molecule has 0 amide bonds. The van der Waals surface area contributed by atoms with Crippen molar-refractivity contribution < 1.29 is 38.8 Å². The summed E-state index contributed by atoms with van der Waals surface area (Å²) >= 11 is 0. The van der Waals surface area contributed by atoms with E-state index in [1.54, 1.807) is 0 Å². The Bertz CT molecular complexity index is 1270. The topological polar surface area (TPSA) is 75.5 Å². The van der Waals surface area contributed by atoms with Crippen molar-refractivity contribution >= 4 is 0 Å². The second-order valence-corrected chi connectivity index (χ2v) is 7.19. The van der Waals surface area contributed by atoms with Crippen LogP contribution in [-0.2, 0) is 13.2 Å². The number of aryl methyl sites for hydroxylation is 2. The van der Waals surface area contributed by atoms with E-state index in [-0.39, 0.29) is 36.1 Å². The van der Waals surface area contributed by atoms with Gasteiger partial charge in [0.2, 0.25) is 0 Å². The van der Waals surface area contributed by atoms with Gasteiger partial charge in [0.25, 0.3) is 0 Å². The first kappa shape index (κ1) is 22.9. The molecule has 3 aromatic carbocycles. The molecule has 152 valence electrons. The van der Waals surface area contributed by atoms with Gasteiger partial charge < -0.3 is 14.2 Å². The molecule has 0 fully saturated rings. The van der Waals surface area contributed by atoms with Crippen molar-refractivity contribution in [2.45, 2.75) is 27.0 Å².